The van der Waals surface area contributed by atoms with Gasteiger partial charge >= 0.3 is 0 Å². The SMILES string of the molecule is Cc1nc2c(s1)CC(=O)N=C2N. The monoisotopic (exact) mass is 181 g/mol. The molecular formula is C7H7N3OS. The average Bonchev–Trinajstić information content (AvgIpc) is 2.29. The molecule has 1 aromatic rings. The Hall–Kier alpha value is -1.23. The molecule has 1 amide bonds. The minimum atomic E-state index is -0.177. The van der Waals surface area contributed by atoms with E-state index in [9.17, 15) is 4.79 Å². The minimum absolute atomic E-state index is 0.177. The van der Waals surface area contributed by atoms with Crippen molar-refractivity contribution in [2.24, 2.45) is 10.7 Å². The van der Waals surface area contributed by atoms with Crippen LogP contribution in [0.15, 0.2) is 4.99 Å². The van der Waals surface area contributed by atoms with Crippen LogP contribution in [0.4, 0.5) is 0 Å². The molecule has 0 aromatic carbocycles. The maximum absolute atomic E-state index is 11.0. The van der Waals surface area contributed by atoms with Crippen LogP contribution in [0.25, 0.3) is 0 Å². The van der Waals surface area contributed by atoms with E-state index in [2.05, 4.69) is 9.98 Å². The Morgan fingerprint density at radius 2 is 2.33 bits per heavy atom. The molecule has 12 heavy (non-hydrogen) atoms. The van der Waals surface area contributed by atoms with Gasteiger partial charge in [0, 0.05) is 4.88 Å². The first-order valence-electron chi connectivity index (χ1n) is 3.50. The van der Waals surface area contributed by atoms with Crippen LogP contribution in [-0.2, 0) is 11.2 Å². The number of aryl methyl sites for hydroxylation is 1. The molecule has 2 rings (SSSR count). The van der Waals surface area contributed by atoms with Crippen molar-refractivity contribution in [2.75, 3.05) is 0 Å². The second-order valence-corrected chi connectivity index (χ2v) is 3.86. The second-order valence-electron chi connectivity index (χ2n) is 2.57. The Morgan fingerprint density at radius 1 is 1.58 bits per heavy atom. The molecule has 0 fully saturated rings. The van der Waals surface area contributed by atoms with Crippen LogP contribution in [0, 0.1) is 6.92 Å². The molecule has 0 radical (unpaired) electrons. The quantitative estimate of drug-likeness (QED) is 0.623. The Bertz CT molecular complexity index is 380. The van der Waals surface area contributed by atoms with Crippen LogP contribution in [-0.4, -0.2) is 16.7 Å². The molecule has 1 aliphatic heterocycles. The van der Waals surface area contributed by atoms with E-state index < -0.39 is 0 Å². The molecule has 2 heterocycles. The van der Waals surface area contributed by atoms with Gasteiger partial charge in [0.25, 0.3) is 5.91 Å². The van der Waals surface area contributed by atoms with Crippen LogP contribution >= 0.6 is 11.3 Å². The summed E-state index contributed by atoms with van der Waals surface area (Å²) >= 11 is 1.50. The number of amides is 1. The van der Waals surface area contributed by atoms with E-state index in [-0.39, 0.29) is 11.7 Å². The van der Waals surface area contributed by atoms with E-state index in [4.69, 9.17) is 5.73 Å². The van der Waals surface area contributed by atoms with E-state index in [0.29, 0.717) is 12.1 Å². The number of thiazole rings is 1. The van der Waals surface area contributed by atoms with Crippen molar-refractivity contribution in [1.82, 2.24) is 4.98 Å². The van der Waals surface area contributed by atoms with E-state index >= 15 is 0 Å². The lowest BCUT2D eigenvalue weighted by molar-refractivity contribution is -0.117. The molecular weight excluding hydrogens is 174 g/mol. The largest absolute Gasteiger partial charge is 0.382 e. The average molecular weight is 181 g/mol. The summed E-state index contributed by atoms with van der Waals surface area (Å²) in [5, 5.41) is 0.924. The number of hydrogen-bond acceptors (Lipinski definition) is 4. The molecule has 0 aliphatic carbocycles. The van der Waals surface area contributed by atoms with Crippen molar-refractivity contribution in [3.05, 3.63) is 15.6 Å². The molecule has 0 saturated heterocycles. The summed E-state index contributed by atoms with van der Waals surface area (Å²) in [5.74, 6) is 0.0780. The summed E-state index contributed by atoms with van der Waals surface area (Å²) < 4.78 is 0. The number of amidine groups is 1. The molecule has 0 unspecified atom stereocenters. The lowest BCUT2D eigenvalue weighted by Gasteiger charge is -2.04. The predicted octanol–water partition coefficient (Wildman–Crippen LogP) is 0.240. The van der Waals surface area contributed by atoms with Gasteiger partial charge in [0.05, 0.1) is 11.4 Å². The number of carbonyl (C=O) groups excluding carboxylic acids is 1. The zero-order valence-electron chi connectivity index (χ0n) is 6.50. The van der Waals surface area contributed by atoms with Gasteiger partial charge in [-0.05, 0) is 6.92 Å². The van der Waals surface area contributed by atoms with E-state index in [1.54, 1.807) is 0 Å². The van der Waals surface area contributed by atoms with Crippen LogP contribution in [0.5, 0.6) is 0 Å². The standard InChI is InChI=1S/C7H7N3OS/c1-3-9-6-4(12-3)2-5(11)10-7(6)8/h2H2,1H3,(H2,8,10,11). The fraction of sp³-hybridized carbons (Fsp3) is 0.286. The van der Waals surface area contributed by atoms with Gasteiger partial charge in [-0.1, -0.05) is 0 Å². The van der Waals surface area contributed by atoms with Gasteiger partial charge in [-0.2, -0.15) is 4.99 Å². The Kier molecular flexibility index (Phi) is 1.47. The zero-order valence-corrected chi connectivity index (χ0v) is 7.31. The first kappa shape index (κ1) is 7.42. The number of nitrogens with two attached hydrogens (primary N) is 1. The number of aromatic nitrogens is 1. The van der Waals surface area contributed by atoms with Crippen molar-refractivity contribution in [1.29, 1.82) is 0 Å². The van der Waals surface area contributed by atoms with Gasteiger partial charge in [0.15, 0.2) is 5.84 Å². The number of carbonyl (C=O) groups is 1. The van der Waals surface area contributed by atoms with Gasteiger partial charge in [-0.25, -0.2) is 4.98 Å². The zero-order chi connectivity index (χ0) is 8.72. The molecule has 0 spiro atoms. The maximum atomic E-state index is 11.0. The third kappa shape index (κ3) is 1.02. The maximum Gasteiger partial charge on any atom is 0.253 e. The van der Waals surface area contributed by atoms with Crippen molar-refractivity contribution in [3.8, 4) is 0 Å². The molecule has 1 aromatic heterocycles. The fourth-order valence-electron chi connectivity index (χ4n) is 1.15. The molecule has 1 aliphatic rings. The highest BCUT2D eigenvalue weighted by molar-refractivity contribution is 7.12. The van der Waals surface area contributed by atoms with Crippen molar-refractivity contribution < 1.29 is 4.79 Å². The van der Waals surface area contributed by atoms with Gasteiger partial charge < -0.3 is 5.73 Å². The molecule has 4 nitrogen and oxygen atoms in total. The molecule has 62 valence electrons. The van der Waals surface area contributed by atoms with Crippen LogP contribution in [0.3, 0.4) is 0 Å². The van der Waals surface area contributed by atoms with E-state index in [0.717, 1.165) is 9.88 Å². The summed E-state index contributed by atoms with van der Waals surface area (Å²) in [6.45, 7) is 1.89. The van der Waals surface area contributed by atoms with Crippen LogP contribution < -0.4 is 5.73 Å². The molecule has 2 N–H and O–H groups in total. The highest BCUT2D eigenvalue weighted by Gasteiger charge is 2.20. The summed E-state index contributed by atoms with van der Waals surface area (Å²) in [6.07, 6.45) is 0.349. The van der Waals surface area contributed by atoms with Gasteiger partial charge in [-0.15, -0.1) is 11.3 Å². The van der Waals surface area contributed by atoms with Crippen LogP contribution in [0.1, 0.15) is 15.6 Å². The lowest BCUT2D eigenvalue weighted by atomic mass is 10.2. The van der Waals surface area contributed by atoms with E-state index in [1.165, 1.54) is 11.3 Å². The van der Waals surface area contributed by atoms with Crippen molar-refractivity contribution in [2.45, 2.75) is 13.3 Å². The van der Waals surface area contributed by atoms with Gasteiger partial charge in [-0.3, -0.25) is 4.79 Å². The first-order valence-corrected chi connectivity index (χ1v) is 4.32. The smallest absolute Gasteiger partial charge is 0.253 e. The van der Waals surface area contributed by atoms with Crippen molar-refractivity contribution >= 4 is 23.1 Å². The number of rotatable bonds is 0. The predicted molar refractivity (Wildman–Crippen MR) is 46.3 cm³/mol. The summed E-state index contributed by atoms with van der Waals surface area (Å²) in [7, 11) is 0. The summed E-state index contributed by atoms with van der Waals surface area (Å²) in [4.78, 5) is 19.7. The topological polar surface area (TPSA) is 68.3 Å². The number of hydrogen-bond donors (Lipinski definition) is 1. The Balaban J connectivity index is 2.58. The first-order chi connectivity index (χ1) is 5.66. The Morgan fingerprint density at radius 3 is 3.08 bits per heavy atom. The number of fused-ring (bicyclic) bond motifs is 1. The number of aliphatic imine (C=N–C) groups is 1. The number of nitrogens with zero attached hydrogens (tertiary/aromatic N) is 2. The van der Waals surface area contributed by atoms with Crippen LogP contribution in [0.2, 0.25) is 0 Å². The highest BCUT2D eigenvalue weighted by Crippen LogP contribution is 2.21. The summed E-state index contributed by atoms with van der Waals surface area (Å²) in [6, 6.07) is 0. The highest BCUT2D eigenvalue weighted by atomic mass is 32.1. The Labute approximate surface area is 73.1 Å². The molecule has 5 heteroatoms. The lowest BCUT2D eigenvalue weighted by Crippen LogP contribution is -2.22. The van der Waals surface area contributed by atoms with Gasteiger partial charge in [0.2, 0.25) is 0 Å². The molecule has 0 bridgehead atoms. The third-order valence-corrected chi connectivity index (χ3v) is 2.57. The third-order valence-electron chi connectivity index (χ3n) is 1.60. The minimum Gasteiger partial charge on any atom is -0.382 e. The van der Waals surface area contributed by atoms with E-state index in [1.807, 2.05) is 6.92 Å². The normalized spacial score (nSPS) is 15.8. The fourth-order valence-corrected chi connectivity index (χ4v) is 2.09. The van der Waals surface area contributed by atoms with Gasteiger partial charge in [0.1, 0.15) is 5.69 Å². The second kappa shape index (κ2) is 2.38. The molecule has 0 saturated carbocycles. The van der Waals surface area contributed by atoms with Crippen molar-refractivity contribution in [3.63, 3.8) is 0 Å². The molecule has 0 atom stereocenters. The summed E-state index contributed by atoms with van der Waals surface area (Å²) in [5.41, 5.74) is 6.22.